The molecule has 10 saturated carbocycles. The Morgan fingerprint density at radius 3 is 1.15 bits per heavy atom. The Labute approximate surface area is 699 Å². The van der Waals surface area contributed by atoms with Crippen molar-refractivity contribution >= 4 is 72.7 Å². The molecule has 0 aromatic carbocycles. The van der Waals surface area contributed by atoms with Crippen LogP contribution in [0.2, 0.25) is 36.3 Å². The molecule has 2 N–H and O–H groups in total. The van der Waals surface area contributed by atoms with Crippen LogP contribution in [0.5, 0.6) is 0 Å². The van der Waals surface area contributed by atoms with Crippen molar-refractivity contribution < 1.29 is 52.5 Å². The summed E-state index contributed by atoms with van der Waals surface area (Å²) in [5.74, 6) is 7.98. The Balaban J connectivity index is 0.000000169. The van der Waals surface area contributed by atoms with Gasteiger partial charge >= 0.3 is 17.9 Å². The van der Waals surface area contributed by atoms with E-state index in [1.54, 1.807) is 16.7 Å². The van der Waals surface area contributed by atoms with Crippen molar-refractivity contribution in [2.24, 2.45) is 92.7 Å². The molecular weight excluding hydrogens is 1560 g/mol. The number of ether oxygens (including phenoxy) is 3. The minimum Gasteiger partial charge on any atom is -0.462 e. The first-order chi connectivity index (χ1) is 52.6. The molecule has 13 aliphatic rings. The molecule has 13 rings (SSSR count). The molecule has 0 radical (unpaired) electrons. The number of allylic oxidation sites excluding steroid dienone is 8. The average Bonchev–Trinajstić information content (AvgIpc) is 1.60. The average molecular weight is 1710 g/mol. The monoisotopic (exact) mass is 1710 g/mol. The normalized spacial score (nSPS) is 39.6. The first-order valence-corrected chi connectivity index (χ1v) is 52.7. The molecule has 3 aliphatic heterocycles. The summed E-state index contributed by atoms with van der Waals surface area (Å²) >= 11 is 7.13. The quantitative estimate of drug-likeness (QED) is 0.0583. The number of rotatable bonds is 18. The van der Waals surface area contributed by atoms with Gasteiger partial charge in [0.2, 0.25) is 0 Å². The number of hydrogen-bond donors (Lipinski definition) is 2. The lowest BCUT2D eigenvalue weighted by molar-refractivity contribution is -0.143. The topological polar surface area (TPSA) is 155 Å². The molecule has 15 heteroatoms. The van der Waals surface area contributed by atoms with E-state index in [2.05, 4.69) is 202 Å². The van der Waals surface area contributed by atoms with Crippen molar-refractivity contribution in [1.82, 2.24) is 0 Å². The van der Waals surface area contributed by atoms with Gasteiger partial charge in [0, 0.05) is 38.5 Å². The second kappa shape index (κ2) is 37.9. The Morgan fingerprint density at radius 1 is 0.473 bits per heavy atom. The first-order valence-electron chi connectivity index (χ1n) is 45.1. The van der Waals surface area contributed by atoms with Gasteiger partial charge in [0.1, 0.15) is 24.6 Å². The van der Waals surface area contributed by atoms with E-state index in [9.17, 15) is 29.4 Å². The SMILES string of the molecule is C=C1/C(=C\C=C2/CCC[C@@]3(C)C2CC[C@@H]3[C@H](C)CC2CCC(=O)O2)C[C@@H](O)C[C@@H]1O.C=C1/C(=C\C=C2/CCC[C@@]3(C)C2CC[C@@H]3[C@H](C)CC2CCC(=O)O2)C[C@@H](O[Si](C)(C)C(C)(C)C)C[C@@H]1O[Si](C)(C)C(C)(C)C.C[C@H](CC1CCC(=O)O1)[C@H]1CCC2/C(=C/Br)CCC[C@@]21C.C[C@H](CC=O)[C@H]1CCC2/C(=C/Br)CCC[C@@]21C. The lowest BCUT2D eigenvalue weighted by atomic mass is 9.60. The van der Waals surface area contributed by atoms with Gasteiger partial charge in [0.05, 0.1) is 24.4 Å². The van der Waals surface area contributed by atoms with Crippen LogP contribution in [0.25, 0.3) is 0 Å². The molecule has 630 valence electrons. The molecule has 13 fully saturated rings. The minimum absolute atomic E-state index is 0.00452. The highest BCUT2D eigenvalue weighted by molar-refractivity contribution is 9.11. The maximum Gasteiger partial charge on any atom is 0.306 e. The van der Waals surface area contributed by atoms with Crippen molar-refractivity contribution in [1.29, 1.82) is 0 Å². The van der Waals surface area contributed by atoms with Crippen LogP contribution in [-0.4, -0.2) is 93.8 Å². The van der Waals surface area contributed by atoms with Gasteiger partial charge in [0.25, 0.3) is 0 Å². The highest BCUT2D eigenvalue weighted by atomic mass is 79.9. The summed E-state index contributed by atoms with van der Waals surface area (Å²) in [6.07, 6.45) is 46.7. The number of hydrogen-bond acceptors (Lipinski definition) is 11. The van der Waals surface area contributed by atoms with Crippen molar-refractivity contribution in [3.8, 4) is 0 Å². The Hall–Kier alpha value is -2.77. The van der Waals surface area contributed by atoms with Crippen molar-refractivity contribution in [3.05, 3.63) is 92.0 Å². The van der Waals surface area contributed by atoms with E-state index in [0.717, 1.165) is 105 Å². The third-order valence-electron chi connectivity index (χ3n) is 33.5. The van der Waals surface area contributed by atoms with Gasteiger partial charge in [-0.15, -0.1) is 0 Å². The highest BCUT2D eigenvalue weighted by Crippen LogP contribution is 2.64. The van der Waals surface area contributed by atoms with Crippen LogP contribution in [0, 0.1) is 92.7 Å². The van der Waals surface area contributed by atoms with Crippen molar-refractivity contribution in [2.45, 2.75) is 394 Å². The van der Waals surface area contributed by atoms with E-state index in [1.165, 1.54) is 139 Å². The van der Waals surface area contributed by atoms with E-state index < -0.39 is 28.8 Å². The second-order valence-electron chi connectivity index (χ2n) is 42.6. The van der Waals surface area contributed by atoms with E-state index in [-0.39, 0.29) is 58.5 Å². The second-order valence-corrected chi connectivity index (χ2v) is 53.0. The number of esters is 3. The standard InChI is InChI=1S/C38H66O4Si2.C26H38O4.C18H27BrO2.C15H23BrO/c1-26(23-30-18-21-35(39)40-30)32-19-20-33-28(15-14-22-38(32,33)9)16-17-29-24-31(41-43(10,11)36(3,4)5)25-34(27(29)2)42-44(12,13)37(6,7)8;1-16(13-21-8-11-25(29)30-21)22-9-10-23-18(5-4-12-26(22,23)3)6-7-19-14-20(27)15-24(28)17(19)2;1-12(10-14-5-8-17(20)21-14)15-6-7-16-13(11-19)4-3-9-18(15,16)2;1-11(7-9-17)13-5-6-14-12(10-16)4-3-8-15(13,14)2/h16-17,26,30-34H,2,14-15,18-25H2,1,3-13H3;6-7,16,20-24,27-28H,2,4-5,8-15H2,1,3H3;11-12,14-16H,3-10H2,1-2H3;9-11,13-14H,3-8H2,1-2H3/b28-16+,29-17-;18-6+,19-7-;13-11+;12-10+/t26-,30?,31-,32-,33?,34+,38-;16-,20-,21?,22-,23?,24+,26-;12-,14?,15-,16?,18-;11-,13-,14?,15-/m1111/s1. The molecule has 23 atom stereocenters. The van der Waals surface area contributed by atoms with Crippen molar-refractivity contribution in [2.75, 3.05) is 0 Å². The molecule has 112 heavy (non-hydrogen) atoms. The van der Waals surface area contributed by atoms with Gasteiger partial charge in [-0.1, -0.05) is 189 Å². The fourth-order valence-corrected chi connectivity index (χ4v) is 29.0. The van der Waals surface area contributed by atoms with Crippen LogP contribution in [0.4, 0.5) is 0 Å². The number of aldehydes is 1. The summed E-state index contributed by atoms with van der Waals surface area (Å²) in [6, 6.07) is 0. The molecule has 3 heterocycles. The van der Waals surface area contributed by atoms with E-state index in [1.807, 2.05) is 0 Å². The summed E-state index contributed by atoms with van der Waals surface area (Å²) in [6.45, 7) is 51.6. The number of carbonyl (C=O) groups is 4. The fraction of sp³-hybridized carbons (Fsp3) is 0.794. The largest absolute Gasteiger partial charge is 0.462 e. The molecule has 0 aromatic rings. The van der Waals surface area contributed by atoms with Gasteiger partial charge in [0.15, 0.2) is 16.6 Å². The number of cyclic esters (lactones) is 3. The van der Waals surface area contributed by atoms with E-state index >= 15 is 0 Å². The number of halogens is 2. The predicted octanol–water partition coefficient (Wildman–Crippen LogP) is 25.7. The number of aliphatic hydroxyl groups excluding tert-OH is 2. The third-order valence-corrected chi connectivity index (χ3v) is 43.7. The van der Waals surface area contributed by atoms with E-state index in [0.29, 0.717) is 101 Å². The summed E-state index contributed by atoms with van der Waals surface area (Å²) in [5, 5.41) is 20.5. The predicted molar refractivity (Wildman–Crippen MR) is 470 cm³/mol. The van der Waals surface area contributed by atoms with Gasteiger partial charge in [-0.25, -0.2) is 0 Å². The van der Waals surface area contributed by atoms with Crippen molar-refractivity contribution in [3.63, 3.8) is 0 Å². The smallest absolute Gasteiger partial charge is 0.306 e. The summed E-state index contributed by atoms with van der Waals surface area (Å²) in [4.78, 5) is 49.6. The third kappa shape index (κ3) is 20.8. The first kappa shape index (κ1) is 91.5. The molecular formula is C97H154Br2O11Si2. The number of fused-ring (bicyclic) bond motifs is 4. The molecule has 11 nitrogen and oxygen atoms in total. The zero-order valence-electron chi connectivity index (χ0n) is 73.3. The zero-order chi connectivity index (χ0) is 81.8. The fourth-order valence-electron chi connectivity index (χ4n) is 25.2. The van der Waals surface area contributed by atoms with Gasteiger partial charge in [-0.2, -0.15) is 0 Å². The summed E-state index contributed by atoms with van der Waals surface area (Å²) in [7, 11) is -3.91. The number of carbonyl (C=O) groups excluding carboxylic acids is 4. The summed E-state index contributed by atoms with van der Waals surface area (Å²) < 4.78 is 30.7. The van der Waals surface area contributed by atoms with Crippen LogP contribution in [0.3, 0.4) is 0 Å². The Bertz CT molecular complexity index is 3510. The van der Waals surface area contributed by atoms with Crippen LogP contribution >= 0.6 is 31.9 Å². The summed E-state index contributed by atoms with van der Waals surface area (Å²) in [5.41, 5.74) is 12.2. The molecule has 0 bridgehead atoms. The van der Waals surface area contributed by atoms with Crippen LogP contribution in [0.1, 0.15) is 315 Å². The minimum atomic E-state index is -1.98. The van der Waals surface area contributed by atoms with Gasteiger partial charge in [-0.3, -0.25) is 14.4 Å². The molecule has 7 unspecified atom stereocenters. The molecule has 0 spiro atoms. The molecule has 3 saturated heterocycles. The van der Waals surface area contributed by atoms with Crippen LogP contribution in [0.15, 0.2) is 92.0 Å². The molecule has 0 amide bonds. The maximum absolute atomic E-state index is 11.7. The van der Waals surface area contributed by atoms with Gasteiger partial charge < -0.3 is 38.1 Å². The molecule has 0 aromatic heterocycles. The zero-order valence-corrected chi connectivity index (χ0v) is 78.5. The number of aliphatic hydroxyl groups is 2. The van der Waals surface area contributed by atoms with Crippen LogP contribution in [-0.2, 0) is 42.2 Å². The Morgan fingerprint density at radius 2 is 0.812 bits per heavy atom. The molecule has 10 aliphatic carbocycles. The highest BCUT2D eigenvalue weighted by Gasteiger charge is 2.56. The lowest BCUT2D eigenvalue weighted by Gasteiger charge is -2.46. The van der Waals surface area contributed by atoms with Crippen LogP contribution < -0.4 is 0 Å². The Kier molecular flexibility index (Phi) is 31.0. The maximum atomic E-state index is 11.7. The lowest BCUT2D eigenvalue weighted by Crippen LogP contribution is -2.49. The van der Waals surface area contributed by atoms with Gasteiger partial charge in [-0.05, 0) is 341 Å². The van der Waals surface area contributed by atoms with E-state index in [4.69, 9.17) is 23.1 Å².